The fourth-order valence-corrected chi connectivity index (χ4v) is 2.22. The van der Waals surface area contributed by atoms with E-state index in [1.54, 1.807) is 0 Å². The van der Waals surface area contributed by atoms with Crippen LogP contribution in [0.3, 0.4) is 0 Å². The predicted octanol–water partition coefficient (Wildman–Crippen LogP) is 2.24. The topological polar surface area (TPSA) is 29.3 Å². The molecule has 2 heteroatoms. The molecule has 0 unspecified atom stereocenters. The maximum atomic E-state index is 5.68. The SMILES string of the molecule is C=CCN1CC[C@@H](c2ccc(N)cc2)C1. The molecule has 2 nitrogen and oxygen atoms in total. The van der Waals surface area contributed by atoms with Crippen molar-refractivity contribution in [2.75, 3.05) is 25.4 Å². The number of anilines is 1. The molecule has 0 radical (unpaired) electrons. The molecule has 1 saturated heterocycles. The first-order chi connectivity index (χ1) is 7.29. The first-order valence-electron chi connectivity index (χ1n) is 5.48. The Bertz CT molecular complexity index is 329. The predicted molar refractivity (Wildman–Crippen MR) is 64.8 cm³/mol. The highest BCUT2D eigenvalue weighted by molar-refractivity contribution is 5.40. The fraction of sp³-hybridized carbons (Fsp3) is 0.385. The van der Waals surface area contributed by atoms with E-state index in [0.29, 0.717) is 5.92 Å². The van der Waals surface area contributed by atoms with Gasteiger partial charge in [-0.1, -0.05) is 18.2 Å². The van der Waals surface area contributed by atoms with Crippen molar-refractivity contribution in [2.24, 2.45) is 0 Å². The lowest BCUT2D eigenvalue weighted by Gasteiger charge is -2.13. The van der Waals surface area contributed by atoms with E-state index in [9.17, 15) is 0 Å². The van der Waals surface area contributed by atoms with Gasteiger partial charge in [-0.15, -0.1) is 6.58 Å². The number of hydrogen-bond donors (Lipinski definition) is 1. The number of hydrogen-bond acceptors (Lipinski definition) is 2. The van der Waals surface area contributed by atoms with Gasteiger partial charge in [0.1, 0.15) is 0 Å². The zero-order valence-electron chi connectivity index (χ0n) is 9.02. The molecule has 0 aromatic heterocycles. The van der Waals surface area contributed by atoms with Crippen molar-refractivity contribution < 1.29 is 0 Å². The van der Waals surface area contributed by atoms with E-state index in [1.807, 2.05) is 18.2 Å². The lowest BCUT2D eigenvalue weighted by atomic mass is 9.98. The summed E-state index contributed by atoms with van der Waals surface area (Å²) < 4.78 is 0. The molecular formula is C13H18N2. The summed E-state index contributed by atoms with van der Waals surface area (Å²) in [5.74, 6) is 0.672. The largest absolute Gasteiger partial charge is 0.399 e. The maximum Gasteiger partial charge on any atom is 0.0314 e. The van der Waals surface area contributed by atoms with Gasteiger partial charge in [0.25, 0.3) is 0 Å². The standard InChI is InChI=1S/C13H18N2/c1-2-8-15-9-7-12(10-15)11-3-5-13(14)6-4-11/h2-6,12H,1,7-10,14H2/t12-/m1/s1. The van der Waals surface area contributed by atoms with Crippen LogP contribution in [0.4, 0.5) is 5.69 Å². The third-order valence-electron chi connectivity index (χ3n) is 3.07. The molecule has 2 N–H and O–H groups in total. The third-order valence-corrected chi connectivity index (χ3v) is 3.07. The van der Waals surface area contributed by atoms with Crippen LogP contribution in [0, 0.1) is 0 Å². The second-order valence-electron chi connectivity index (χ2n) is 4.20. The quantitative estimate of drug-likeness (QED) is 0.601. The highest BCUT2D eigenvalue weighted by atomic mass is 15.1. The van der Waals surface area contributed by atoms with Crippen molar-refractivity contribution in [3.8, 4) is 0 Å². The number of nitrogens with zero attached hydrogens (tertiary/aromatic N) is 1. The highest BCUT2D eigenvalue weighted by Crippen LogP contribution is 2.27. The van der Waals surface area contributed by atoms with Gasteiger partial charge >= 0.3 is 0 Å². The molecule has 1 aromatic carbocycles. The molecule has 0 amide bonds. The minimum absolute atomic E-state index is 0.672. The number of likely N-dealkylation sites (tertiary alicyclic amines) is 1. The van der Waals surface area contributed by atoms with Crippen LogP contribution in [0.25, 0.3) is 0 Å². The minimum Gasteiger partial charge on any atom is -0.399 e. The van der Waals surface area contributed by atoms with E-state index in [-0.39, 0.29) is 0 Å². The summed E-state index contributed by atoms with van der Waals surface area (Å²) in [4.78, 5) is 2.44. The average molecular weight is 202 g/mol. The number of nitrogens with two attached hydrogens (primary N) is 1. The molecule has 1 aliphatic heterocycles. The van der Waals surface area contributed by atoms with E-state index in [0.717, 1.165) is 18.8 Å². The Hall–Kier alpha value is -1.28. The van der Waals surface area contributed by atoms with Crippen LogP contribution >= 0.6 is 0 Å². The van der Waals surface area contributed by atoms with Crippen molar-refractivity contribution in [3.63, 3.8) is 0 Å². The molecule has 1 atom stereocenters. The molecule has 1 aromatic rings. The molecule has 2 rings (SSSR count). The van der Waals surface area contributed by atoms with Crippen molar-refractivity contribution in [3.05, 3.63) is 42.5 Å². The summed E-state index contributed by atoms with van der Waals surface area (Å²) in [7, 11) is 0. The van der Waals surface area contributed by atoms with E-state index < -0.39 is 0 Å². The van der Waals surface area contributed by atoms with Gasteiger partial charge < -0.3 is 5.73 Å². The lowest BCUT2D eigenvalue weighted by molar-refractivity contribution is 0.372. The molecule has 15 heavy (non-hydrogen) atoms. The van der Waals surface area contributed by atoms with Crippen LogP contribution in [0.15, 0.2) is 36.9 Å². The van der Waals surface area contributed by atoms with Crippen LogP contribution in [0.2, 0.25) is 0 Å². The second-order valence-corrected chi connectivity index (χ2v) is 4.20. The number of rotatable bonds is 3. The van der Waals surface area contributed by atoms with Crippen LogP contribution in [0.1, 0.15) is 17.9 Å². The van der Waals surface area contributed by atoms with E-state index >= 15 is 0 Å². The van der Waals surface area contributed by atoms with Gasteiger partial charge in [-0.05, 0) is 36.6 Å². The Morgan fingerprint density at radius 3 is 2.80 bits per heavy atom. The van der Waals surface area contributed by atoms with E-state index in [4.69, 9.17) is 5.73 Å². The summed E-state index contributed by atoms with van der Waals surface area (Å²) in [5.41, 5.74) is 7.94. The Labute approximate surface area is 91.4 Å². The van der Waals surface area contributed by atoms with Gasteiger partial charge in [0.15, 0.2) is 0 Å². The molecule has 0 saturated carbocycles. The summed E-state index contributed by atoms with van der Waals surface area (Å²) in [6.07, 6.45) is 3.23. The van der Waals surface area contributed by atoms with E-state index in [2.05, 4.69) is 23.6 Å². The number of nitrogen functional groups attached to an aromatic ring is 1. The van der Waals surface area contributed by atoms with Gasteiger partial charge in [-0.25, -0.2) is 0 Å². The minimum atomic E-state index is 0.672. The smallest absolute Gasteiger partial charge is 0.0314 e. The first kappa shape index (κ1) is 10.2. The molecule has 1 fully saturated rings. The molecule has 80 valence electrons. The summed E-state index contributed by atoms with van der Waals surface area (Å²) in [6, 6.07) is 8.28. The Morgan fingerprint density at radius 1 is 1.40 bits per heavy atom. The summed E-state index contributed by atoms with van der Waals surface area (Å²) in [6.45, 7) is 7.11. The van der Waals surface area contributed by atoms with Gasteiger partial charge in [-0.3, -0.25) is 4.90 Å². The average Bonchev–Trinajstić information content (AvgIpc) is 2.68. The molecule has 1 aliphatic rings. The van der Waals surface area contributed by atoms with Gasteiger partial charge in [0, 0.05) is 18.8 Å². The van der Waals surface area contributed by atoms with Gasteiger partial charge in [-0.2, -0.15) is 0 Å². The van der Waals surface area contributed by atoms with Gasteiger partial charge in [0.2, 0.25) is 0 Å². The van der Waals surface area contributed by atoms with Crippen molar-refractivity contribution in [1.29, 1.82) is 0 Å². The second kappa shape index (κ2) is 4.49. The lowest BCUT2D eigenvalue weighted by Crippen LogP contribution is -2.19. The maximum absolute atomic E-state index is 5.68. The highest BCUT2D eigenvalue weighted by Gasteiger charge is 2.22. The Balaban J connectivity index is 2.01. The fourth-order valence-electron chi connectivity index (χ4n) is 2.22. The van der Waals surface area contributed by atoms with Crippen molar-refractivity contribution >= 4 is 5.69 Å². The number of benzene rings is 1. The first-order valence-corrected chi connectivity index (χ1v) is 5.48. The summed E-state index contributed by atoms with van der Waals surface area (Å²) in [5, 5.41) is 0. The Kier molecular flexibility index (Phi) is 3.07. The van der Waals surface area contributed by atoms with Crippen LogP contribution < -0.4 is 5.73 Å². The van der Waals surface area contributed by atoms with Crippen molar-refractivity contribution in [1.82, 2.24) is 4.90 Å². The van der Waals surface area contributed by atoms with Crippen LogP contribution in [-0.2, 0) is 0 Å². The van der Waals surface area contributed by atoms with E-state index in [1.165, 1.54) is 18.5 Å². The normalized spacial score (nSPS) is 21.7. The van der Waals surface area contributed by atoms with Gasteiger partial charge in [0.05, 0.1) is 0 Å². The summed E-state index contributed by atoms with van der Waals surface area (Å²) >= 11 is 0. The molecular weight excluding hydrogens is 184 g/mol. The van der Waals surface area contributed by atoms with Crippen LogP contribution in [0.5, 0.6) is 0 Å². The zero-order chi connectivity index (χ0) is 10.7. The zero-order valence-corrected chi connectivity index (χ0v) is 9.02. The van der Waals surface area contributed by atoms with Crippen molar-refractivity contribution in [2.45, 2.75) is 12.3 Å². The molecule has 0 aliphatic carbocycles. The van der Waals surface area contributed by atoms with Crippen LogP contribution in [-0.4, -0.2) is 24.5 Å². The molecule has 0 bridgehead atoms. The Morgan fingerprint density at radius 2 is 2.13 bits per heavy atom. The molecule has 1 heterocycles. The third kappa shape index (κ3) is 2.39. The monoisotopic (exact) mass is 202 g/mol. The molecule has 0 spiro atoms.